The first-order chi connectivity index (χ1) is 6.16. The Morgan fingerprint density at radius 1 is 1.69 bits per heavy atom. The molecular formula is C10H14O2S. The highest BCUT2D eigenvalue weighted by molar-refractivity contribution is 7.08. The van der Waals surface area contributed by atoms with E-state index in [-0.39, 0.29) is 11.8 Å². The van der Waals surface area contributed by atoms with Gasteiger partial charge in [0.25, 0.3) is 0 Å². The molecule has 0 bridgehead atoms. The molecule has 1 aromatic heterocycles. The van der Waals surface area contributed by atoms with E-state index in [1.165, 1.54) is 0 Å². The summed E-state index contributed by atoms with van der Waals surface area (Å²) in [6.45, 7) is 4.00. The molecule has 72 valence electrons. The molecule has 0 radical (unpaired) electrons. The van der Waals surface area contributed by atoms with E-state index in [2.05, 4.69) is 0 Å². The zero-order valence-electron chi connectivity index (χ0n) is 7.86. The summed E-state index contributed by atoms with van der Waals surface area (Å²) in [7, 11) is 0. The van der Waals surface area contributed by atoms with Gasteiger partial charge in [-0.1, -0.05) is 20.3 Å². The van der Waals surface area contributed by atoms with Gasteiger partial charge in [0.05, 0.1) is 5.92 Å². The zero-order valence-corrected chi connectivity index (χ0v) is 8.67. The summed E-state index contributed by atoms with van der Waals surface area (Å²) >= 11 is 1.55. The van der Waals surface area contributed by atoms with Crippen molar-refractivity contribution in [2.24, 2.45) is 5.92 Å². The van der Waals surface area contributed by atoms with Gasteiger partial charge < -0.3 is 5.11 Å². The number of hydrogen-bond donors (Lipinski definition) is 1. The average molecular weight is 198 g/mol. The van der Waals surface area contributed by atoms with Crippen LogP contribution < -0.4 is 0 Å². The number of hydrogen-bond acceptors (Lipinski definition) is 2. The molecular weight excluding hydrogens is 184 g/mol. The van der Waals surface area contributed by atoms with Gasteiger partial charge in [0.1, 0.15) is 0 Å². The molecule has 0 aliphatic carbocycles. The van der Waals surface area contributed by atoms with E-state index < -0.39 is 5.97 Å². The Labute approximate surface area is 82.2 Å². The summed E-state index contributed by atoms with van der Waals surface area (Å²) in [6, 6.07) is 1.90. The molecule has 2 nitrogen and oxygen atoms in total. The normalized spacial score (nSPS) is 15.2. The molecule has 0 saturated heterocycles. The maximum absolute atomic E-state index is 11.0. The highest BCUT2D eigenvalue weighted by Gasteiger charge is 2.25. The predicted molar refractivity (Wildman–Crippen MR) is 54.2 cm³/mol. The quantitative estimate of drug-likeness (QED) is 0.807. The van der Waals surface area contributed by atoms with Crippen molar-refractivity contribution in [1.29, 1.82) is 0 Å². The largest absolute Gasteiger partial charge is 0.481 e. The summed E-state index contributed by atoms with van der Waals surface area (Å²) in [5.41, 5.74) is 0.937. The van der Waals surface area contributed by atoms with E-state index in [1.54, 1.807) is 11.3 Å². The molecule has 0 aromatic carbocycles. The van der Waals surface area contributed by atoms with E-state index in [4.69, 9.17) is 5.11 Å². The third kappa shape index (κ3) is 2.31. The molecule has 13 heavy (non-hydrogen) atoms. The SMILES string of the molecule is CCC(C)C(C(=O)O)c1ccsc1. The summed E-state index contributed by atoms with van der Waals surface area (Å²) in [4.78, 5) is 11.0. The number of carbonyl (C=O) groups is 1. The van der Waals surface area contributed by atoms with Gasteiger partial charge in [0.2, 0.25) is 0 Å². The second kappa shape index (κ2) is 4.42. The fraction of sp³-hybridized carbons (Fsp3) is 0.500. The minimum atomic E-state index is -0.715. The molecule has 0 fully saturated rings. The molecule has 1 rings (SSSR count). The fourth-order valence-electron chi connectivity index (χ4n) is 1.40. The van der Waals surface area contributed by atoms with E-state index in [9.17, 15) is 4.79 Å². The van der Waals surface area contributed by atoms with Crippen LogP contribution in [0.3, 0.4) is 0 Å². The Hall–Kier alpha value is -0.830. The Balaban J connectivity index is 2.87. The lowest BCUT2D eigenvalue weighted by Crippen LogP contribution is -2.18. The molecule has 1 aromatic rings. The number of aliphatic carboxylic acids is 1. The van der Waals surface area contributed by atoms with Crippen LogP contribution in [-0.4, -0.2) is 11.1 Å². The number of rotatable bonds is 4. The number of carboxylic acids is 1. The van der Waals surface area contributed by atoms with Gasteiger partial charge >= 0.3 is 5.97 Å². The smallest absolute Gasteiger partial charge is 0.311 e. The van der Waals surface area contributed by atoms with Crippen molar-refractivity contribution in [3.8, 4) is 0 Å². The van der Waals surface area contributed by atoms with Crippen LogP contribution in [-0.2, 0) is 4.79 Å². The maximum Gasteiger partial charge on any atom is 0.311 e. The van der Waals surface area contributed by atoms with E-state index >= 15 is 0 Å². The van der Waals surface area contributed by atoms with E-state index in [0.717, 1.165) is 12.0 Å². The molecule has 0 aliphatic rings. The van der Waals surface area contributed by atoms with Crippen molar-refractivity contribution in [2.45, 2.75) is 26.2 Å². The first-order valence-corrected chi connectivity index (χ1v) is 5.36. The lowest BCUT2D eigenvalue weighted by molar-refractivity contribution is -0.140. The van der Waals surface area contributed by atoms with Crippen molar-refractivity contribution in [3.05, 3.63) is 22.4 Å². The number of thiophene rings is 1. The molecule has 0 saturated carbocycles. The van der Waals surface area contributed by atoms with Gasteiger partial charge in [0.15, 0.2) is 0 Å². The molecule has 2 atom stereocenters. The van der Waals surface area contributed by atoms with Crippen LogP contribution >= 0.6 is 11.3 Å². The molecule has 1 heterocycles. The van der Waals surface area contributed by atoms with Gasteiger partial charge in [-0.2, -0.15) is 11.3 Å². The van der Waals surface area contributed by atoms with Crippen molar-refractivity contribution in [2.75, 3.05) is 0 Å². The van der Waals surface area contributed by atoms with E-state index in [1.807, 2.05) is 30.7 Å². The molecule has 1 N–H and O–H groups in total. The van der Waals surface area contributed by atoms with Crippen LogP contribution in [0.4, 0.5) is 0 Å². The third-order valence-electron chi connectivity index (χ3n) is 2.38. The van der Waals surface area contributed by atoms with Crippen molar-refractivity contribution in [1.82, 2.24) is 0 Å². The summed E-state index contributed by atoms with van der Waals surface area (Å²) in [5, 5.41) is 12.9. The fourth-order valence-corrected chi connectivity index (χ4v) is 2.10. The van der Waals surface area contributed by atoms with Gasteiger partial charge in [0, 0.05) is 0 Å². The monoisotopic (exact) mass is 198 g/mol. The highest BCUT2D eigenvalue weighted by Crippen LogP contribution is 2.28. The van der Waals surface area contributed by atoms with Crippen LogP contribution in [0.25, 0.3) is 0 Å². The average Bonchev–Trinajstić information content (AvgIpc) is 2.56. The first-order valence-electron chi connectivity index (χ1n) is 4.41. The van der Waals surface area contributed by atoms with Crippen LogP contribution in [0, 0.1) is 5.92 Å². The van der Waals surface area contributed by atoms with Crippen molar-refractivity contribution < 1.29 is 9.90 Å². The summed E-state index contributed by atoms with van der Waals surface area (Å²) < 4.78 is 0. The second-order valence-electron chi connectivity index (χ2n) is 3.26. The van der Waals surface area contributed by atoms with Crippen molar-refractivity contribution in [3.63, 3.8) is 0 Å². The summed E-state index contributed by atoms with van der Waals surface area (Å²) in [5.74, 6) is -0.851. The maximum atomic E-state index is 11.0. The third-order valence-corrected chi connectivity index (χ3v) is 3.08. The molecule has 3 heteroatoms. The standard InChI is InChI=1S/C10H14O2S/c1-3-7(2)9(10(11)12)8-4-5-13-6-8/h4-7,9H,3H2,1-2H3,(H,11,12). The van der Waals surface area contributed by atoms with Crippen LogP contribution in [0.15, 0.2) is 16.8 Å². The second-order valence-corrected chi connectivity index (χ2v) is 4.04. The van der Waals surface area contributed by atoms with Gasteiger partial charge in [-0.05, 0) is 28.3 Å². The lowest BCUT2D eigenvalue weighted by atomic mass is 9.87. The zero-order chi connectivity index (χ0) is 9.84. The molecule has 0 spiro atoms. The van der Waals surface area contributed by atoms with Crippen LogP contribution in [0.2, 0.25) is 0 Å². The molecule has 0 aliphatic heterocycles. The minimum absolute atomic E-state index is 0.201. The Morgan fingerprint density at radius 3 is 2.77 bits per heavy atom. The minimum Gasteiger partial charge on any atom is -0.481 e. The summed E-state index contributed by atoms with van der Waals surface area (Å²) in [6.07, 6.45) is 0.896. The Morgan fingerprint density at radius 2 is 2.38 bits per heavy atom. The van der Waals surface area contributed by atoms with Crippen LogP contribution in [0.1, 0.15) is 31.7 Å². The van der Waals surface area contributed by atoms with Gasteiger partial charge in [-0.3, -0.25) is 4.79 Å². The van der Waals surface area contributed by atoms with E-state index in [0.29, 0.717) is 0 Å². The lowest BCUT2D eigenvalue weighted by Gasteiger charge is -2.17. The molecule has 2 unspecified atom stereocenters. The molecule has 0 amide bonds. The predicted octanol–water partition coefficient (Wildman–Crippen LogP) is 2.96. The van der Waals surface area contributed by atoms with Crippen LogP contribution in [0.5, 0.6) is 0 Å². The highest BCUT2D eigenvalue weighted by atomic mass is 32.1. The Bertz CT molecular complexity index is 266. The number of carboxylic acid groups (broad SMARTS) is 1. The van der Waals surface area contributed by atoms with Gasteiger partial charge in [-0.15, -0.1) is 0 Å². The first kappa shape index (κ1) is 10.3. The Kier molecular flexibility index (Phi) is 3.48. The van der Waals surface area contributed by atoms with Crippen molar-refractivity contribution >= 4 is 17.3 Å². The van der Waals surface area contributed by atoms with Gasteiger partial charge in [-0.25, -0.2) is 0 Å². The topological polar surface area (TPSA) is 37.3 Å².